The molecule has 0 spiro atoms. The van der Waals surface area contributed by atoms with Crippen LogP contribution in [-0.2, 0) is 36.8 Å². The Bertz CT molecular complexity index is 1240. The van der Waals surface area contributed by atoms with Gasteiger partial charge >= 0.3 is 12.1 Å². The summed E-state index contributed by atoms with van der Waals surface area (Å²) in [5.74, 6) is -1.64. The predicted molar refractivity (Wildman–Crippen MR) is 151 cm³/mol. The molecular weight excluding hydrogens is 550 g/mol. The highest BCUT2D eigenvalue weighted by Crippen LogP contribution is 2.52. The first-order chi connectivity index (χ1) is 19.6. The molecule has 3 aliphatic rings. The van der Waals surface area contributed by atoms with E-state index in [1.165, 1.54) is 28.8 Å². The molecule has 2 saturated heterocycles. The number of aryl methyl sites for hydroxylation is 1. The molecule has 3 amide bonds. The summed E-state index contributed by atoms with van der Waals surface area (Å²) in [7, 11) is 0. The number of ether oxygens (including phenoxy) is 2. The number of fused-ring (bicyclic) bond motifs is 1. The first kappa shape index (κ1) is 30.4. The van der Waals surface area contributed by atoms with Crippen LogP contribution in [0.25, 0.3) is 0 Å². The number of imidazole rings is 1. The zero-order valence-electron chi connectivity index (χ0n) is 23.3. The van der Waals surface area contributed by atoms with Gasteiger partial charge in [-0.3, -0.25) is 9.59 Å². The SMILES string of the molecule is C=CCOC(=O)C1=C(S[C@H]2C[C@@H](CCn3ccnc3CC(N)=O)N(C(=O)OCC=C)C2)[C@H](C)[C@@H]2[C@@H]([C@@H](C)O)C(=O)N12. The third-order valence-electron chi connectivity index (χ3n) is 7.70. The Morgan fingerprint density at radius 3 is 2.63 bits per heavy atom. The summed E-state index contributed by atoms with van der Waals surface area (Å²) >= 11 is 1.47. The molecule has 222 valence electrons. The zero-order chi connectivity index (χ0) is 29.8. The lowest BCUT2D eigenvalue weighted by Gasteiger charge is -2.46. The Hall–Kier alpha value is -3.58. The number of carbonyl (C=O) groups is 4. The molecule has 0 radical (unpaired) electrons. The Labute approximate surface area is 243 Å². The Morgan fingerprint density at radius 1 is 1.27 bits per heavy atom. The van der Waals surface area contributed by atoms with Crippen molar-refractivity contribution in [3.8, 4) is 0 Å². The van der Waals surface area contributed by atoms with Gasteiger partial charge in [-0.1, -0.05) is 32.2 Å². The molecule has 2 fully saturated rings. The van der Waals surface area contributed by atoms with E-state index in [2.05, 4.69) is 18.1 Å². The Balaban J connectivity index is 1.55. The number of amides is 3. The average molecular weight is 588 g/mol. The van der Waals surface area contributed by atoms with Gasteiger partial charge in [0.15, 0.2) is 0 Å². The van der Waals surface area contributed by atoms with E-state index in [0.717, 1.165) is 0 Å². The van der Waals surface area contributed by atoms with Crippen molar-refractivity contribution in [3.63, 3.8) is 0 Å². The highest BCUT2D eigenvalue weighted by Gasteiger charge is 2.60. The van der Waals surface area contributed by atoms with E-state index >= 15 is 0 Å². The summed E-state index contributed by atoms with van der Waals surface area (Å²) in [5.41, 5.74) is 5.55. The van der Waals surface area contributed by atoms with E-state index in [-0.39, 0.29) is 54.5 Å². The van der Waals surface area contributed by atoms with Gasteiger partial charge in [-0.25, -0.2) is 14.6 Å². The molecule has 41 heavy (non-hydrogen) atoms. The van der Waals surface area contributed by atoms with Gasteiger partial charge < -0.3 is 34.7 Å². The van der Waals surface area contributed by atoms with Gasteiger partial charge in [0.25, 0.3) is 0 Å². The fourth-order valence-electron chi connectivity index (χ4n) is 5.88. The molecule has 13 heteroatoms. The number of hydrogen-bond acceptors (Lipinski definition) is 9. The molecule has 6 atom stereocenters. The van der Waals surface area contributed by atoms with Gasteiger partial charge in [-0.15, -0.1) is 11.8 Å². The summed E-state index contributed by atoms with van der Waals surface area (Å²) in [5, 5.41) is 10.2. The molecule has 0 unspecified atom stereocenters. The highest BCUT2D eigenvalue weighted by atomic mass is 32.2. The Kier molecular flexibility index (Phi) is 9.59. The van der Waals surface area contributed by atoms with Gasteiger partial charge in [0.2, 0.25) is 11.8 Å². The topological polar surface area (TPSA) is 157 Å². The number of nitrogens with zero attached hydrogens (tertiary/aromatic N) is 4. The second kappa shape index (κ2) is 12.9. The molecular formula is C28H37N5O7S. The van der Waals surface area contributed by atoms with Crippen molar-refractivity contribution in [2.45, 2.75) is 63.1 Å². The van der Waals surface area contributed by atoms with E-state index in [9.17, 15) is 24.3 Å². The standard InChI is InChI=1S/C28H37N5O7S/c1-5-11-39-27(37)24-25(16(3)23-22(17(4)34)26(36)33(23)24)41-19-13-18(32(15-19)28(38)40-12-6-2)7-9-31-10-8-30-21(31)14-20(29)35/h5-6,8,10,16-19,22-23,34H,1-2,7,9,11-15H2,3-4H3,(H2,29,35)/t16-,17-,18-,19+,22-,23-/m1/s1. The third-order valence-corrected chi connectivity index (χ3v) is 9.19. The number of hydrogen-bond donors (Lipinski definition) is 2. The molecule has 3 N–H and O–H groups in total. The summed E-state index contributed by atoms with van der Waals surface area (Å²) in [6, 6.07) is -0.530. The van der Waals surface area contributed by atoms with E-state index in [1.54, 1.807) is 24.2 Å². The van der Waals surface area contributed by atoms with Crippen molar-refractivity contribution in [1.29, 1.82) is 0 Å². The van der Waals surface area contributed by atoms with Crippen LogP contribution in [0.1, 0.15) is 32.5 Å². The van der Waals surface area contributed by atoms with E-state index < -0.39 is 30.0 Å². The molecule has 0 aromatic carbocycles. The minimum atomic E-state index is -0.852. The summed E-state index contributed by atoms with van der Waals surface area (Å²) in [6.07, 6.45) is 6.22. The van der Waals surface area contributed by atoms with Crippen molar-refractivity contribution >= 4 is 35.6 Å². The van der Waals surface area contributed by atoms with Crippen molar-refractivity contribution in [3.05, 3.63) is 54.1 Å². The van der Waals surface area contributed by atoms with Gasteiger partial charge in [0.1, 0.15) is 24.7 Å². The lowest BCUT2D eigenvalue weighted by molar-refractivity contribution is -0.164. The van der Waals surface area contributed by atoms with E-state index in [0.29, 0.717) is 36.7 Å². The molecule has 1 aromatic rings. The number of β-lactam (4-membered cyclic amide) rings is 1. The normalized spacial score (nSPS) is 25.9. The minimum Gasteiger partial charge on any atom is -0.457 e. The lowest BCUT2D eigenvalue weighted by Crippen LogP contribution is -2.63. The minimum absolute atomic E-state index is 0.00159. The first-order valence-electron chi connectivity index (χ1n) is 13.6. The molecule has 3 aliphatic heterocycles. The van der Waals surface area contributed by atoms with Crippen molar-refractivity contribution in [2.24, 2.45) is 17.6 Å². The van der Waals surface area contributed by atoms with Crippen LogP contribution in [0.4, 0.5) is 4.79 Å². The monoisotopic (exact) mass is 587 g/mol. The van der Waals surface area contributed by atoms with Crippen molar-refractivity contribution < 1.29 is 33.8 Å². The molecule has 0 aliphatic carbocycles. The van der Waals surface area contributed by atoms with Crippen LogP contribution in [-0.4, -0.2) is 91.5 Å². The lowest BCUT2D eigenvalue weighted by atomic mass is 9.79. The van der Waals surface area contributed by atoms with E-state index in [1.807, 2.05) is 11.5 Å². The fourth-order valence-corrected chi connectivity index (χ4v) is 7.44. The number of aliphatic hydroxyl groups excluding tert-OH is 1. The molecule has 0 bridgehead atoms. The average Bonchev–Trinajstić information content (AvgIpc) is 3.60. The second-order valence-electron chi connectivity index (χ2n) is 10.5. The van der Waals surface area contributed by atoms with Gasteiger partial charge in [-0.2, -0.15) is 0 Å². The van der Waals surface area contributed by atoms with Crippen LogP contribution in [0.2, 0.25) is 0 Å². The van der Waals surface area contributed by atoms with Crippen molar-refractivity contribution in [2.75, 3.05) is 19.8 Å². The maximum atomic E-state index is 13.1. The smallest absolute Gasteiger partial charge is 0.410 e. The maximum absolute atomic E-state index is 13.1. The summed E-state index contributed by atoms with van der Waals surface area (Å²) in [6.45, 7) is 11.7. The fraction of sp³-hybridized carbons (Fsp3) is 0.536. The number of primary amides is 1. The van der Waals surface area contributed by atoms with Gasteiger partial charge in [0.05, 0.1) is 24.5 Å². The number of rotatable bonds is 13. The molecule has 12 nitrogen and oxygen atoms in total. The van der Waals surface area contributed by atoms with Crippen LogP contribution >= 0.6 is 11.8 Å². The third kappa shape index (κ3) is 6.20. The number of esters is 1. The van der Waals surface area contributed by atoms with Crippen molar-refractivity contribution in [1.82, 2.24) is 19.4 Å². The van der Waals surface area contributed by atoms with E-state index in [4.69, 9.17) is 15.2 Å². The molecule has 1 aromatic heterocycles. The largest absolute Gasteiger partial charge is 0.457 e. The number of nitrogens with two attached hydrogens (primary N) is 1. The number of likely N-dealkylation sites (tertiary alicyclic amines) is 1. The summed E-state index contributed by atoms with van der Waals surface area (Å²) < 4.78 is 12.5. The second-order valence-corrected chi connectivity index (χ2v) is 11.8. The number of aliphatic hydroxyl groups is 1. The van der Waals surface area contributed by atoms with Crippen LogP contribution in [0.5, 0.6) is 0 Å². The number of aromatic nitrogens is 2. The molecule has 4 heterocycles. The van der Waals surface area contributed by atoms with Crippen LogP contribution in [0.15, 0.2) is 48.3 Å². The molecule has 4 rings (SSSR count). The van der Waals surface area contributed by atoms with Crippen LogP contribution < -0.4 is 5.73 Å². The van der Waals surface area contributed by atoms with Crippen LogP contribution in [0, 0.1) is 11.8 Å². The van der Waals surface area contributed by atoms with Gasteiger partial charge in [0, 0.05) is 47.6 Å². The van der Waals surface area contributed by atoms with Crippen LogP contribution in [0.3, 0.4) is 0 Å². The first-order valence-corrected chi connectivity index (χ1v) is 14.5. The predicted octanol–water partition coefficient (Wildman–Crippen LogP) is 1.60. The highest BCUT2D eigenvalue weighted by molar-refractivity contribution is 8.03. The number of carbonyl (C=O) groups excluding carboxylic acids is 4. The maximum Gasteiger partial charge on any atom is 0.410 e. The van der Waals surface area contributed by atoms with Gasteiger partial charge in [-0.05, 0) is 19.8 Å². The quantitative estimate of drug-likeness (QED) is 0.199. The number of thioether (sulfide) groups is 1. The molecule has 0 saturated carbocycles. The Morgan fingerprint density at radius 2 is 1.98 bits per heavy atom. The summed E-state index contributed by atoms with van der Waals surface area (Å²) in [4.78, 5) is 58.6. The zero-order valence-corrected chi connectivity index (χ0v) is 24.1.